The molecule has 30 heavy (non-hydrogen) atoms. The third-order valence-electron chi connectivity index (χ3n) is 4.75. The summed E-state index contributed by atoms with van der Waals surface area (Å²) in [4.78, 5) is 23.8. The smallest absolute Gasteiger partial charge is 0.254 e. The van der Waals surface area contributed by atoms with Crippen LogP contribution in [0.3, 0.4) is 0 Å². The summed E-state index contributed by atoms with van der Waals surface area (Å²) >= 11 is 0. The van der Waals surface area contributed by atoms with E-state index in [0.717, 1.165) is 11.3 Å². The third kappa shape index (κ3) is 3.88. The molecule has 1 aliphatic rings. The number of hydrogen-bond acceptors (Lipinski definition) is 5. The Morgan fingerprint density at radius 1 is 1.17 bits per heavy atom. The molecule has 1 atom stereocenters. The number of nitrogens with two attached hydrogens (primary N) is 1. The predicted molar refractivity (Wildman–Crippen MR) is 113 cm³/mol. The minimum atomic E-state index is -0.598. The fourth-order valence-corrected chi connectivity index (χ4v) is 3.34. The average Bonchev–Trinajstić information content (AvgIpc) is 3.14. The molecular formula is C22H21N5O3. The zero-order valence-corrected chi connectivity index (χ0v) is 16.2. The number of amides is 2. The van der Waals surface area contributed by atoms with E-state index in [1.165, 1.54) is 6.08 Å². The van der Waals surface area contributed by atoms with Crippen LogP contribution in [0.1, 0.15) is 16.8 Å². The van der Waals surface area contributed by atoms with Crippen LogP contribution < -0.4 is 21.1 Å². The van der Waals surface area contributed by atoms with Crippen molar-refractivity contribution in [1.29, 1.82) is 0 Å². The summed E-state index contributed by atoms with van der Waals surface area (Å²) in [5.41, 5.74) is 7.16. The number of primary amides is 1. The Kier molecular flexibility index (Phi) is 5.21. The third-order valence-corrected chi connectivity index (χ3v) is 4.75. The van der Waals surface area contributed by atoms with E-state index < -0.39 is 5.91 Å². The number of ether oxygens (including phenoxy) is 1. The van der Waals surface area contributed by atoms with Gasteiger partial charge in [0.2, 0.25) is 5.91 Å². The van der Waals surface area contributed by atoms with Gasteiger partial charge in [0, 0.05) is 18.5 Å². The van der Waals surface area contributed by atoms with Gasteiger partial charge in [-0.3, -0.25) is 9.59 Å². The molecular weight excluding hydrogens is 382 g/mol. The Morgan fingerprint density at radius 3 is 2.53 bits per heavy atom. The molecule has 2 aromatic carbocycles. The number of benzene rings is 2. The second-order valence-electron chi connectivity index (χ2n) is 6.80. The number of nitrogens with zero attached hydrogens (tertiary/aromatic N) is 2. The topological polar surface area (TPSA) is 111 Å². The Labute approximate surface area is 173 Å². The van der Waals surface area contributed by atoms with Crippen molar-refractivity contribution in [2.75, 3.05) is 5.32 Å². The van der Waals surface area contributed by atoms with Crippen LogP contribution in [0.4, 0.5) is 5.82 Å². The lowest BCUT2D eigenvalue weighted by Gasteiger charge is -2.26. The Balaban J connectivity index is 1.61. The van der Waals surface area contributed by atoms with Gasteiger partial charge < -0.3 is 21.1 Å². The number of hydrogen-bond donors (Lipinski definition) is 3. The van der Waals surface area contributed by atoms with Gasteiger partial charge in [0.1, 0.15) is 34.7 Å². The molecule has 0 spiro atoms. The molecule has 2 amide bonds. The number of carbonyl (C=O) groups is 2. The van der Waals surface area contributed by atoms with Crippen LogP contribution in [-0.4, -0.2) is 27.8 Å². The Morgan fingerprint density at radius 2 is 1.87 bits per heavy atom. The monoisotopic (exact) mass is 403 g/mol. The van der Waals surface area contributed by atoms with E-state index in [1.54, 1.807) is 4.68 Å². The van der Waals surface area contributed by atoms with Crippen molar-refractivity contribution in [3.63, 3.8) is 0 Å². The number of aromatic nitrogens is 2. The minimum Gasteiger partial charge on any atom is -0.457 e. The molecule has 1 aromatic heterocycles. The van der Waals surface area contributed by atoms with Crippen LogP contribution in [0, 0.1) is 0 Å². The zero-order valence-electron chi connectivity index (χ0n) is 16.2. The van der Waals surface area contributed by atoms with Gasteiger partial charge in [-0.15, -0.1) is 0 Å². The highest BCUT2D eigenvalue weighted by atomic mass is 16.5. The van der Waals surface area contributed by atoms with Gasteiger partial charge in [-0.2, -0.15) is 5.10 Å². The van der Waals surface area contributed by atoms with Crippen LogP contribution in [0.2, 0.25) is 0 Å². The second-order valence-corrected chi connectivity index (χ2v) is 6.80. The molecule has 0 saturated carbocycles. The van der Waals surface area contributed by atoms with E-state index in [1.807, 2.05) is 54.6 Å². The first-order valence-electron chi connectivity index (χ1n) is 9.48. The first-order chi connectivity index (χ1) is 14.5. The van der Waals surface area contributed by atoms with E-state index >= 15 is 0 Å². The van der Waals surface area contributed by atoms with E-state index in [-0.39, 0.29) is 17.6 Å². The maximum Gasteiger partial charge on any atom is 0.254 e. The van der Waals surface area contributed by atoms with Crippen LogP contribution >= 0.6 is 0 Å². The highest BCUT2D eigenvalue weighted by Gasteiger charge is 2.28. The summed E-state index contributed by atoms with van der Waals surface area (Å²) < 4.78 is 7.51. The number of carbonyl (C=O) groups excluding carboxylic acids is 2. The number of rotatable bonds is 6. The lowest BCUT2D eigenvalue weighted by Crippen LogP contribution is -2.43. The Hall–Kier alpha value is -4.07. The molecule has 152 valence electrons. The molecule has 8 nitrogen and oxygen atoms in total. The minimum absolute atomic E-state index is 0.282. The molecule has 4 N–H and O–H groups in total. The molecule has 0 radical (unpaired) electrons. The molecule has 0 aliphatic carbocycles. The van der Waals surface area contributed by atoms with Crippen molar-refractivity contribution >= 4 is 17.6 Å². The summed E-state index contributed by atoms with van der Waals surface area (Å²) in [6.07, 6.45) is 1.47. The molecule has 2 heterocycles. The molecule has 1 aliphatic heterocycles. The fraction of sp³-hybridized carbons (Fsp3) is 0.136. The van der Waals surface area contributed by atoms with Gasteiger partial charge in [-0.1, -0.05) is 24.8 Å². The van der Waals surface area contributed by atoms with E-state index in [2.05, 4.69) is 22.3 Å². The van der Waals surface area contributed by atoms with Crippen LogP contribution in [0.15, 0.2) is 67.3 Å². The van der Waals surface area contributed by atoms with Crippen molar-refractivity contribution in [3.05, 3.63) is 72.8 Å². The van der Waals surface area contributed by atoms with Gasteiger partial charge in [-0.05, 0) is 42.5 Å². The highest BCUT2D eigenvalue weighted by molar-refractivity contribution is 6.04. The maximum absolute atomic E-state index is 12.2. The molecule has 1 unspecified atom stereocenters. The normalized spacial score (nSPS) is 14.9. The van der Waals surface area contributed by atoms with Crippen molar-refractivity contribution in [2.45, 2.75) is 19.1 Å². The second kappa shape index (κ2) is 8.12. The fourth-order valence-electron chi connectivity index (χ4n) is 3.34. The van der Waals surface area contributed by atoms with Gasteiger partial charge in [0.15, 0.2) is 0 Å². The summed E-state index contributed by atoms with van der Waals surface area (Å²) in [6, 6.07) is 16.7. The van der Waals surface area contributed by atoms with Crippen LogP contribution in [0.25, 0.3) is 11.3 Å². The number of anilines is 1. The van der Waals surface area contributed by atoms with Crippen molar-refractivity contribution in [1.82, 2.24) is 15.1 Å². The first-order valence-corrected chi connectivity index (χ1v) is 9.48. The van der Waals surface area contributed by atoms with E-state index in [4.69, 9.17) is 10.5 Å². The number of aryl methyl sites for hydroxylation is 1. The lowest BCUT2D eigenvalue weighted by molar-refractivity contribution is -0.117. The zero-order chi connectivity index (χ0) is 21.1. The molecule has 3 aromatic rings. The lowest BCUT2D eigenvalue weighted by atomic mass is 10.1. The van der Waals surface area contributed by atoms with Gasteiger partial charge >= 0.3 is 0 Å². The average molecular weight is 403 g/mol. The van der Waals surface area contributed by atoms with Crippen molar-refractivity contribution in [2.24, 2.45) is 5.73 Å². The van der Waals surface area contributed by atoms with Crippen molar-refractivity contribution in [3.8, 4) is 22.8 Å². The SMILES string of the molecule is C=CC(=O)NC1CCn2nc(-c3ccc(Oc4ccccc4)cc3)c(C(N)=O)c2N1. The molecule has 0 fully saturated rings. The van der Waals surface area contributed by atoms with E-state index in [0.29, 0.717) is 30.2 Å². The number of fused-ring (bicyclic) bond motifs is 1. The summed E-state index contributed by atoms with van der Waals surface area (Å²) in [7, 11) is 0. The Bertz CT molecular complexity index is 1090. The van der Waals surface area contributed by atoms with Gasteiger partial charge in [0.25, 0.3) is 5.91 Å². The summed E-state index contributed by atoms with van der Waals surface area (Å²) in [5.74, 6) is 0.995. The summed E-state index contributed by atoms with van der Waals surface area (Å²) in [6.45, 7) is 3.98. The standard InChI is InChI=1S/C22H21N5O3/c1-2-18(28)24-17-12-13-27-22(25-17)19(21(23)29)20(26-27)14-8-10-16(11-9-14)30-15-6-4-3-5-7-15/h2-11,17,25H,1,12-13H2,(H2,23,29)(H,24,28). The van der Waals surface area contributed by atoms with Gasteiger partial charge in [-0.25, -0.2) is 4.68 Å². The van der Waals surface area contributed by atoms with Gasteiger partial charge in [0.05, 0.1) is 0 Å². The number of nitrogens with one attached hydrogen (secondary N) is 2. The molecule has 4 rings (SSSR count). The maximum atomic E-state index is 12.2. The largest absolute Gasteiger partial charge is 0.457 e. The van der Waals surface area contributed by atoms with Crippen LogP contribution in [0.5, 0.6) is 11.5 Å². The van der Waals surface area contributed by atoms with Crippen molar-refractivity contribution < 1.29 is 14.3 Å². The van der Waals surface area contributed by atoms with Crippen LogP contribution in [-0.2, 0) is 11.3 Å². The quantitative estimate of drug-likeness (QED) is 0.548. The molecule has 0 saturated heterocycles. The van der Waals surface area contributed by atoms with E-state index in [9.17, 15) is 9.59 Å². The molecule has 8 heteroatoms. The first kappa shape index (κ1) is 19.3. The number of para-hydroxylation sites is 1. The highest BCUT2D eigenvalue weighted by Crippen LogP contribution is 2.33. The molecule has 0 bridgehead atoms. The summed E-state index contributed by atoms with van der Waals surface area (Å²) in [5, 5.41) is 10.5. The predicted octanol–water partition coefficient (Wildman–Crippen LogP) is 2.89.